The van der Waals surface area contributed by atoms with Crippen molar-refractivity contribution >= 4 is 22.6 Å². The number of aromatic nitrogens is 1. The fourth-order valence-electron chi connectivity index (χ4n) is 2.59. The number of carbonyl (C=O) groups excluding carboxylic acids is 1. The Morgan fingerprint density at radius 3 is 2.71 bits per heavy atom. The van der Waals surface area contributed by atoms with Gasteiger partial charge in [-0.2, -0.15) is 5.26 Å². The van der Waals surface area contributed by atoms with Crippen LogP contribution < -0.4 is 0 Å². The highest BCUT2D eigenvalue weighted by Crippen LogP contribution is 2.28. The van der Waals surface area contributed by atoms with E-state index in [0.29, 0.717) is 11.3 Å². The van der Waals surface area contributed by atoms with Gasteiger partial charge in [-0.05, 0) is 18.2 Å². The van der Waals surface area contributed by atoms with Gasteiger partial charge in [-0.1, -0.05) is 18.2 Å². The number of ether oxygens (including phenoxy) is 1. The SMILES string of the molecule is COC(=O)c1ccc(-n2cc(C#N)c3ccccc32)cc1[N+](=O)[O-]. The van der Waals surface area contributed by atoms with Crippen LogP contribution in [0, 0.1) is 21.4 Å². The summed E-state index contributed by atoms with van der Waals surface area (Å²) in [6, 6.07) is 13.6. The molecule has 0 atom stereocenters. The standard InChI is InChI=1S/C17H11N3O4/c1-24-17(21)14-7-6-12(8-16(14)20(22)23)19-10-11(9-18)13-4-2-3-5-15(13)19/h2-8,10H,1H3. The second-order valence-corrected chi connectivity index (χ2v) is 4.99. The molecule has 0 aliphatic rings. The van der Waals surface area contributed by atoms with Crippen molar-refractivity contribution in [2.45, 2.75) is 0 Å². The maximum atomic E-state index is 11.7. The number of benzene rings is 2. The lowest BCUT2D eigenvalue weighted by atomic mass is 10.1. The smallest absolute Gasteiger partial charge is 0.344 e. The first-order chi connectivity index (χ1) is 11.6. The third-order valence-electron chi connectivity index (χ3n) is 3.69. The number of hydrogen-bond acceptors (Lipinski definition) is 5. The van der Waals surface area contributed by atoms with E-state index in [1.165, 1.54) is 19.2 Å². The van der Waals surface area contributed by atoms with Gasteiger partial charge >= 0.3 is 5.97 Å². The highest BCUT2D eigenvalue weighted by atomic mass is 16.6. The lowest BCUT2D eigenvalue weighted by Gasteiger charge is -2.07. The minimum atomic E-state index is -0.775. The van der Waals surface area contributed by atoms with Crippen LogP contribution >= 0.6 is 0 Å². The van der Waals surface area contributed by atoms with E-state index in [1.54, 1.807) is 16.8 Å². The molecule has 0 unspecified atom stereocenters. The van der Waals surface area contributed by atoms with Gasteiger partial charge in [0.15, 0.2) is 0 Å². The van der Waals surface area contributed by atoms with Crippen LogP contribution in [0.5, 0.6) is 0 Å². The third-order valence-corrected chi connectivity index (χ3v) is 3.69. The van der Waals surface area contributed by atoms with Gasteiger partial charge in [-0.15, -0.1) is 0 Å². The van der Waals surface area contributed by atoms with Gasteiger partial charge in [0.1, 0.15) is 11.6 Å². The highest BCUT2D eigenvalue weighted by molar-refractivity contribution is 5.94. The summed E-state index contributed by atoms with van der Waals surface area (Å²) < 4.78 is 6.25. The van der Waals surface area contributed by atoms with Crippen molar-refractivity contribution in [1.82, 2.24) is 4.57 Å². The zero-order valence-electron chi connectivity index (χ0n) is 12.6. The normalized spacial score (nSPS) is 10.3. The number of carbonyl (C=O) groups is 1. The molecule has 0 bridgehead atoms. The number of nitriles is 1. The second kappa shape index (κ2) is 5.85. The molecule has 0 spiro atoms. The average molecular weight is 321 g/mol. The minimum absolute atomic E-state index is 0.122. The molecule has 0 aliphatic carbocycles. The number of nitro benzene ring substituents is 1. The van der Waals surface area contributed by atoms with E-state index in [-0.39, 0.29) is 11.3 Å². The first kappa shape index (κ1) is 15.2. The summed E-state index contributed by atoms with van der Waals surface area (Å²) in [6.07, 6.45) is 1.61. The fourth-order valence-corrected chi connectivity index (χ4v) is 2.59. The summed E-state index contributed by atoms with van der Waals surface area (Å²) in [6.45, 7) is 0. The largest absolute Gasteiger partial charge is 0.465 e. The molecule has 0 radical (unpaired) electrons. The van der Waals surface area contributed by atoms with Crippen molar-refractivity contribution in [2.75, 3.05) is 7.11 Å². The number of rotatable bonds is 3. The molecule has 0 saturated carbocycles. The molecule has 24 heavy (non-hydrogen) atoms. The molecule has 0 aliphatic heterocycles. The summed E-state index contributed by atoms with van der Waals surface area (Å²) in [4.78, 5) is 22.3. The maximum absolute atomic E-state index is 11.7. The fraction of sp³-hybridized carbons (Fsp3) is 0.0588. The molecule has 7 nitrogen and oxygen atoms in total. The van der Waals surface area contributed by atoms with Gasteiger partial charge in [0.25, 0.3) is 5.69 Å². The summed E-state index contributed by atoms with van der Waals surface area (Å²) in [5.74, 6) is -0.775. The number of esters is 1. The van der Waals surface area contributed by atoms with Gasteiger partial charge in [0.05, 0.1) is 28.8 Å². The van der Waals surface area contributed by atoms with Crippen LogP contribution in [0.3, 0.4) is 0 Å². The number of fused-ring (bicyclic) bond motifs is 1. The van der Waals surface area contributed by atoms with Crippen LogP contribution in [0.1, 0.15) is 15.9 Å². The Kier molecular flexibility index (Phi) is 3.72. The lowest BCUT2D eigenvalue weighted by molar-refractivity contribution is -0.385. The van der Waals surface area contributed by atoms with Crippen molar-refractivity contribution in [1.29, 1.82) is 5.26 Å². The van der Waals surface area contributed by atoms with Crippen molar-refractivity contribution in [3.8, 4) is 11.8 Å². The van der Waals surface area contributed by atoms with E-state index in [2.05, 4.69) is 10.8 Å². The van der Waals surface area contributed by atoms with Gasteiger partial charge in [0, 0.05) is 17.6 Å². The number of nitro groups is 1. The Balaban J connectivity index is 2.25. The molecule has 118 valence electrons. The summed E-state index contributed by atoms with van der Waals surface area (Å²) >= 11 is 0. The molecule has 1 heterocycles. The molecule has 0 fully saturated rings. The van der Waals surface area contributed by atoms with E-state index in [1.807, 2.05) is 24.3 Å². The van der Waals surface area contributed by atoms with E-state index < -0.39 is 10.9 Å². The summed E-state index contributed by atoms with van der Waals surface area (Å²) in [5, 5.41) is 21.3. The zero-order valence-corrected chi connectivity index (χ0v) is 12.6. The molecular weight excluding hydrogens is 310 g/mol. The molecule has 0 saturated heterocycles. The quantitative estimate of drug-likeness (QED) is 0.419. The monoisotopic (exact) mass is 321 g/mol. The number of hydrogen-bond donors (Lipinski definition) is 0. The number of nitrogens with zero attached hydrogens (tertiary/aromatic N) is 3. The van der Waals surface area contributed by atoms with Crippen molar-refractivity contribution in [3.63, 3.8) is 0 Å². The number of methoxy groups -OCH3 is 1. The molecule has 3 rings (SSSR count). The highest BCUT2D eigenvalue weighted by Gasteiger charge is 2.22. The van der Waals surface area contributed by atoms with Gasteiger partial charge in [-0.25, -0.2) is 4.79 Å². The van der Waals surface area contributed by atoms with Gasteiger partial charge in [-0.3, -0.25) is 10.1 Å². The molecule has 3 aromatic rings. The topological polar surface area (TPSA) is 98.2 Å². The van der Waals surface area contributed by atoms with E-state index >= 15 is 0 Å². The molecule has 1 aromatic heterocycles. The van der Waals surface area contributed by atoms with Crippen LogP contribution in [0.2, 0.25) is 0 Å². The summed E-state index contributed by atoms with van der Waals surface area (Å²) in [7, 11) is 1.17. The molecule has 2 aromatic carbocycles. The zero-order chi connectivity index (χ0) is 17.3. The number of para-hydroxylation sites is 1. The second-order valence-electron chi connectivity index (χ2n) is 4.99. The first-order valence-corrected chi connectivity index (χ1v) is 6.94. The summed E-state index contributed by atoms with van der Waals surface area (Å²) in [5.41, 5.74) is 1.21. The predicted octanol–water partition coefficient (Wildman–Crippen LogP) is 3.20. The molecule has 0 N–H and O–H groups in total. The Morgan fingerprint density at radius 1 is 1.29 bits per heavy atom. The third kappa shape index (κ3) is 2.36. The van der Waals surface area contributed by atoms with Crippen molar-refractivity contribution in [3.05, 3.63) is 69.9 Å². The average Bonchev–Trinajstić information content (AvgIpc) is 2.99. The molecule has 7 heteroatoms. The van der Waals surface area contributed by atoms with Crippen molar-refractivity contribution < 1.29 is 14.5 Å². The van der Waals surface area contributed by atoms with Crippen LogP contribution in [-0.2, 0) is 4.74 Å². The van der Waals surface area contributed by atoms with Crippen molar-refractivity contribution in [2.24, 2.45) is 0 Å². The van der Waals surface area contributed by atoms with Crippen LogP contribution in [-0.4, -0.2) is 22.6 Å². The first-order valence-electron chi connectivity index (χ1n) is 6.94. The van der Waals surface area contributed by atoms with Crippen LogP contribution in [0.25, 0.3) is 16.6 Å². The predicted molar refractivity (Wildman–Crippen MR) is 86.0 cm³/mol. The van der Waals surface area contributed by atoms with E-state index in [0.717, 1.165) is 10.9 Å². The maximum Gasteiger partial charge on any atom is 0.344 e. The van der Waals surface area contributed by atoms with Gasteiger partial charge < -0.3 is 9.30 Å². The minimum Gasteiger partial charge on any atom is -0.465 e. The Morgan fingerprint density at radius 2 is 2.04 bits per heavy atom. The van der Waals surface area contributed by atoms with E-state index in [4.69, 9.17) is 0 Å². The van der Waals surface area contributed by atoms with Crippen LogP contribution in [0.15, 0.2) is 48.7 Å². The molecular formula is C17H11N3O4. The Bertz CT molecular complexity index is 1010. The van der Waals surface area contributed by atoms with Gasteiger partial charge in [0.2, 0.25) is 0 Å². The lowest BCUT2D eigenvalue weighted by Crippen LogP contribution is -2.06. The Labute approximate surface area is 136 Å². The van der Waals surface area contributed by atoms with Crippen LogP contribution in [0.4, 0.5) is 5.69 Å². The molecule has 0 amide bonds. The van der Waals surface area contributed by atoms with E-state index in [9.17, 15) is 20.2 Å². The Hall–Kier alpha value is -3.66.